The van der Waals surface area contributed by atoms with Gasteiger partial charge in [-0.3, -0.25) is 0 Å². The molecule has 1 aromatic heterocycles. The van der Waals surface area contributed by atoms with Crippen molar-refractivity contribution in [2.75, 3.05) is 10.5 Å². The van der Waals surface area contributed by atoms with Crippen molar-refractivity contribution in [1.82, 2.24) is 4.98 Å². The molecule has 0 spiro atoms. The highest BCUT2D eigenvalue weighted by molar-refractivity contribution is 7.92. The molecule has 1 heterocycles. The van der Waals surface area contributed by atoms with E-state index < -0.39 is 32.2 Å². The minimum atomic E-state index is -4.30. The number of hydrogen-bond donors (Lipinski definition) is 2. The first kappa shape index (κ1) is 13.3. The fourth-order valence-electron chi connectivity index (χ4n) is 1.33. The Morgan fingerprint density at radius 3 is 2.63 bits per heavy atom. The van der Waals surface area contributed by atoms with Crippen LogP contribution in [0.5, 0.6) is 0 Å². The van der Waals surface area contributed by atoms with E-state index in [9.17, 15) is 17.2 Å². The molecule has 0 unspecified atom stereocenters. The van der Waals surface area contributed by atoms with Crippen LogP contribution in [0.3, 0.4) is 0 Å². The minimum absolute atomic E-state index is 0.320. The maximum absolute atomic E-state index is 13.6. The van der Waals surface area contributed by atoms with E-state index in [0.29, 0.717) is 5.69 Å². The summed E-state index contributed by atoms with van der Waals surface area (Å²) in [5.41, 5.74) is 4.67. The van der Waals surface area contributed by atoms with E-state index in [1.807, 2.05) is 4.72 Å². The van der Waals surface area contributed by atoms with Crippen molar-refractivity contribution >= 4 is 21.7 Å². The number of hydrogen-bond acceptors (Lipinski definition) is 5. The highest BCUT2D eigenvalue weighted by Gasteiger charge is 2.24. The summed E-state index contributed by atoms with van der Waals surface area (Å²) in [5, 5.41) is 0. The van der Waals surface area contributed by atoms with E-state index >= 15 is 0 Å². The molecule has 0 aliphatic rings. The largest absolute Gasteiger partial charge is 0.431 e. The van der Waals surface area contributed by atoms with Gasteiger partial charge in [0.05, 0.1) is 5.69 Å². The number of benzene rings is 1. The second-order valence-corrected chi connectivity index (χ2v) is 5.32. The average Bonchev–Trinajstić information content (AvgIpc) is 2.70. The summed E-state index contributed by atoms with van der Waals surface area (Å²) >= 11 is 0. The number of aromatic nitrogens is 1. The summed E-state index contributed by atoms with van der Waals surface area (Å²) in [7, 11) is -4.30. The van der Waals surface area contributed by atoms with E-state index in [1.54, 1.807) is 6.92 Å². The van der Waals surface area contributed by atoms with Crippen molar-refractivity contribution < 1.29 is 21.6 Å². The molecule has 0 saturated carbocycles. The first-order valence-electron chi connectivity index (χ1n) is 4.99. The monoisotopic (exact) mass is 289 g/mol. The van der Waals surface area contributed by atoms with Gasteiger partial charge in [0.1, 0.15) is 22.7 Å². The highest BCUT2D eigenvalue weighted by Crippen LogP contribution is 2.24. The maximum Gasteiger partial charge on any atom is 0.309 e. The average molecular weight is 289 g/mol. The van der Waals surface area contributed by atoms with E-state index in [-0.39, 0.29) is 6.01 Å². The van der Waals surface area contributed by atoms with Crippen molar-refractivity contribution in [1.29, 1.82) is 0 Å². The SMILES string of the molecule is Cc1coc(NS(=O)(=O)c2ccc(F)c(N)c2F)n1. The molecule has 0 aliphatic heterocycles. The van der Waals surface area contributed by atoms with Gasteiger partial charge in [0.15, 0.2) is 5.82 Å². The van der Waals surface area contributed by atoms with Gasteiger partial charge in [0.25, 0.3) is 10.0 Å². The Bertz CT molecular complexity index is 728. The smallest absolute Gasteiger partial charge is 0.309 e. The molecule has 3 N–H and O–H groups in total. The molecule has 0 fully saturated rings. The van der Waals surface area contributed by atoms with Crippen LogP contribution in [0.25, 0.3) is 0 Å². The number of nitrogens with zero attached hydrogens (tertiary/aromatic N) is 1. The van der Waals surface area contributed by atoms with E-state index in [2.05, 4.69) is 4.98 Å². The molecule has 102 valence electrons. The van der Waals surface area contributed by atoms with Crippen LogP contribution in [0.15, 0.2) is 27.7 Å². The number of nitrogens with one attached hydrogen (secondary N) is 1. The Balaban J connectivity index is 2.43. The first-order valence-corrected chi connectivity index (χ1v) is 6.48. The Morgan fingerprint density at radius 2 is 2.05 bits per heavy atom. The van der Waals surface area contributed by atoms with Crippen LogP contribution in [0.4, 0.5) is 20.5 Å². The molecule has 0 atom stereocenters. The fourth-order valence-corrected chi connectivity index (χ4v) is 2.35. The molecule has 0 bridgehead atoms. The minimum Gasteiger partial charge on any atom is -0.431 e. The van der Waals surface area contributed by atoms with Crippen LogP contribution in [0, 0.1) is 18.6 Å². The van der Waals surface area contributed by atoms with Gasteiger partial charge in [-0.05, 0) is 19.1 Å². The summed E-state index contributed by atoms with van der Waals surface area (Å²) in [6.07, 6.45) is 1.22. The quantitative estimate of drug-likeness (QED) is 0.837. The molecule has 2 aromatic rings. The standard InChI is InChI=1S/C10H9F2N3O3S/c1-5-4-18-10(14-5)15-19(16,17)7-3-2-6(11)9(13)8(7)12/h2-4H,13H2,1H3,(H,14,15). The predicted molar refractivity (Wildman–Crippen MR) is 62.8 cm³/mol. The molecule has 1 aromatic carbocycles. The van der Waals surface area contributed by atoms with Crippen molar-refractivity contribution in [2.24, 2.45) is 0 Å². The zero-order valence-electron chi connectivity index (χ0n) is 9.65. The lowest BCUT2D eigenvalue weighted by Gasteiger charge is -2.07. The number of anilines is 2. The van der Waals surface area contributed by atoms with Gasteiger partial charge in [-0.25, -0.2) is 21.9 Å². The summed E-state index contributed by atoms with van der Waals surface area (Å²) in [4.78, 5) is 2.92. The van der Waals surface area contributed by atoms with Crippen LogP contribution in [0.1, 0.15) is 5.69 Å². The molecular weight excluding hydrogens is 280 g/mol. The van der Waals surface area contributed by atoms with Gasteiger partial charge in [0, 0.05) is 0 Å². The molecule has 19 heavy (non-hydrogen) atoms. The highest BCUT2D eigenvalue weighted by atomic mass is 32.2. The molecule has 0 amide bonds. The Hall–Kier alpha value is -2.16. The molecular formula is C10H9F2N3O3S. The van der Waals surface area contributed by atoms with E-state index in [0.717, 1.165) is 12.1 Å². The van der Waals surface area contributed by atoms with Crippen LogP contribution in [0.2, 0.25) is 0 Å². The Morgan fingerprint density at radius 1 is 1.37 bits per heavy atom. The van der Waals surface area contributed by atoms with Gasteiger partial charge < -0.3 is 10.2 Å². The Labute approximate surface area is 107 Å². The lowest BCUT2D eigenvalue weighted by atomic mass is 10.3. The first-order chi connectivity index (χ1) is 8.81. The van der Waals surface area contributed by atoms with E-state index in [4.69, 9.17) is 10.2 Å². The summed E-state index contributed by atoms with van der Waals surface area (Å²) in [6, 6.07) is 1.20. The zero-order valence-corrected chi connectivity index (χ0v) is 10.5. The van der Waals surface area contributed by atoms with Gasteiger partial charge in [0.2, 0.25) is 0 Å². The number of halogens is 2. The maximum atomic E-state index is 13.6. The number of rotatable bonds is 3. The van der Waals surface area contributed by atoms with Crippen molar-refractivity contribution in [3.05, 3.63) is 35.7 Å². The number of aryl methyl sites for hydroxylation is 1. The topological polar surface area (TPSA) is 98.2 Å². The lowest BCUT2D eigenvalue weighted by molar-refractivity contribution is 0.552. The third-order valence-electron chi connectivity index (χ3n) is 2.22. The fraction of sp³-hybridized carbons (Fsp3) is 0.100. The van der Waals surface area contributed by atoms with Crippen LogP contribution in [-0.4, -0.2) is 13.4 Å². The predicted octanol–water partition coefficient (Wildman–Crippen LogP) is 1.64. The van der Waals surface area contributed by atoms with Gasteiger partial charge >= 0.3 is 6.01 Å². The van der Waals surface area contributed by atoms with Gasteiger partial charge in [-0.15, -0.1) is 0 Å². The summed E-state index contributed by atoms with van der Waals surface area (Å²) < 4.78 is 57.0. The number of sulfonamides is 1. The van der Waals surface area contributed by atoms with Gasteiger partial charge in [-0.1, -0.05) is 0 Å². The molecule has 0 saturated heterocycles. The third kappa shape index (κ3) is 2.50. The second kappa shape index (κ2) is 4.50. The number of nitrogens with two attached hydrogens (primary N) is 1. The van der Waals surface area contributed by atoms with Crippen LogP contribution < -0.4 is 10.5 Å². The van der Waals surface area contributed by atoms with E-state index in [1.165, 1.54) is 6.26 Å². The lowest BCUT2D eigenvalue weighted by Crippen LogP contribution is -2.16. The normalized spacial score (nSPS) is 11.5. The summed E-state index contributed by atoms with van der Waals surface area (Å²) in [5.74, 6) is -2.40. The molecule has 6 nitrogen and oxygen atoms in total. The van der Waals surface area contributed by atoms with Crippen LogP contribution >= 0.6 is 0 Å². The van der Waals surface area contributed by atoms with Crippen LogP contribution in [-0.2, 0) is 10.0 Å². The zero-order chi connectivity index (χ0) is 14.2. The number of nitrogen functional groups attached to an aromatic ring is 1. The Kier molecular flexibility index (Phi) is 3.14. The second-order valence-electron chi connectivity index (χ2n) is 3.67. The van der Waals surface area contributed by atoms with Crippen molar-refractivity contribution in [2.45, 2.75) is 11.8 Å². The van der Waals surface area contributed by atoms with Crippen molar-refractivity contribution in [3.8, 4) is 0 Å². The molecule has 0 radical (unpaired) electrons. The van der Waals surface area contributed by atoms with Gasteiger partial charge in [-0.2, -0.15) is 4.98 Å². The molecule has 0 aliphatic carbocycles. The third-order valence-corrected chi connectivity index (χ3v) is 3.56. The molecule has 9 heteroatoms. The van der Waals surface area contributed by atoms with Crippen molar-refractivity contribution in [3.63, 3.8) is 0 Å². The molecule has 2 rings (SSSR count). The summed E-state index contributed by atoms with van der Waals surface area (Å²) in [6.45, 7) is 1.58. The number of oxazole rings is 1.